The maximum absolute atomic E-state index is 11.8. The standard InChI is InChI=1S/C16H20N4O3/c1-4-22-14-7-6-12(9-15(14)23-5-2)10-17-20-16(21)13-8-11(3)18-19-13/h6-10H,4-5H2,1-3H3,(H,18,19)(H,20,21). The van der Waals surface area contributed by atoms with E-state index in [2.05, 4.69) is 20.7 Å². The van der Waals surface area contributed by atoms with Crippen molar-refractivity contribution in [3.05, 3.63) is 41.2 Å². The average molecular weight is 316 g/mol. The number of carbonyl (C=O) groups is 1. The van der Waals surface area contributed by atoms with Gasteiger partial charge in [-0.2, -0.15) is 10.2 Å². The molecule has 23 heavy (non-hydrogen) atoms. The maximum atomic E-state index is 11.8. The van der Waals surface area contributed by atoms with E-state index >= 15 is 0 Å². The van der Waals surface area contributed by atoms with Crippen LogP contribution in [0.4, 0.5) is 0 Å². The third kappa shape index (κ3) is 4.57. The van der Waals surface area contributed by atoms with E-state index in [1.807, 2.05) is 39.0 Å². The van der Waals surface area contributed by atoms with Crippen LogP contribution in [0.25, 0.3) is 0 Å². The van der Waals surface area contributed by atoms with Crippen LogP contribution >= 0.6 is 0 Å². The van der Waals surface area contributed by atoms with Crippen LogP contribution in [0.15, 0.2) is 29.4 Å². The molecule has 1 aromatic carbocycles. The highest BCUT2D eigenvalue weighted by atomic mass is 16.5. The van der Waals surface area contributed by atoms with E-state index in [0.717, 1.165) is 11.3 Å². The highest BCUT2D eigenvalue weighted by molar-refractivity contribution is 5.93. The Labute approximate surface area is 134 Å². The molecule has 0 atom stereocenters. The van der Waals surface area contributed by atoms with Crippen LogP contribution in [0.2, 0.25) is 0 Å². The van der Waals surface area contributed by atoms with E-state index in [1.165, 1.54) is 6.21 Å². The number of benzene rings is 1. The second-order valence-corrected chi connectivity index (χ2v) is 4.71. The van der Waals surface area contributed by atoms with Crippen molar-refractivity contribution < 1.29 is 14.3 Å². The predicted molar refractivity (Wildman–Crippen MR) is 87.2 cm³/mol. The van der Waals surface area contributed by atoms with Gasteiger partial charge in [0.15, 0.2) is 17.2 Å². The van der Waals surface area contributed by atoms with Gasteiger partial charge < -0.3 is 9.47 Å². The van der Waals surface area contributed by atoms with Gasteiger partial charge >= 0.3 is 0 Å². The monoisotopic (exact) mass is 316 g/mol. The van der Waals surface area contributed by atoms with Crippen LogP contribution in [-0.4, -0.2) is 35.5 Å². The average Bonchev–Trinajstić information content (AvgIpc) is 2.97. The Morgan fingerprint density at radius 3 is 2.65 bits per heavy atom. The number of nitrogens with zero attached hydrogens (tertiary/aromatic N) is 2. The second kappa shape index (κ2) is 7.98. The summed E-state index contributed by atoms with van der Waals surface area (Å²) >= 11 is 0. The van der Waals surface area contributed by atoms with Crippen LogP contribution < -0.4 is 14.9 Å². The van der Waals surface area contributed by atoms with Crippen molar-refractivity contribution in [1.82, 2.24) is 15.6 Å². The molecule has 2 aromatic rings. The quantitative estimate of drug-likeness (QED) is 0.606. The van der Waals surface area contributed by atoms with Gasteiger partial charge in [0.1, 0.15) is 0 Å². The summed E-state index contributed by atoms with van der Waals surface area (Å²) in [5, 5.41) is 10.5. The van der Waals surface area contributed by atoms with Gasteiger partial charge in [0.2, 0.25) is 0 Å². The molecule has 0 fully saturated rings. The lowest BCUT2D eigenvalue weighted by molar-refractivity contribution is 0.0950. The lowest BCUT2D eigenvalue weighted by Gasteiger charge is -2.11. The van der Waals surface area contributed by atoms with Crippen molar-refractivity contribution in [3.63, 3.8) is 0 Å². The summed E-state index contributed by atoms with van der Waals surface area (Å²) in [5.41, 5.74) is 4.32. The number of hydrogen-bond donors (Lipinski definition) is 2. The summed E-state index contributed by atoms with van der Waals surface area (Å²) in [7, 11) is 0. The van der Waals surface area contributed by atoms with Crippen molar-refractivity contribution in [2.45, 2.75) is 20.8 Å². The lowest BCUT2D eigenvalue weighted by atomic mass is 10.2. The Bertz CT molecular complexity index is 694. The van der Waals surface area contributed by atoms with Gasteiger partial charge in [0, 0.05) is 5.69 Å². The summed E-state index contributed by atoms with van der Waals surface area (Å²) in [5.74, 6) is 0.955. The van der Waals surface area contributed by atoms with Gasteiger partial charge in [-0.1, -0.05) is 0 Å². The number of hydrazone groups is 1. The number of H-pyrrole nitrogens is 1. The van der Waals surface area contributed by atoms with E-state index < -0.39 is 0 Å². The third-order valence-corrected chi connectivity index (χ3v) is 2.89. The van der Waals surface area contributed by atoms with Gasteiger partial charge in [0.05, 0.1) is 19.4 Å². The van der Waals surface area contributed by atoms with Crippen molar-refractivity contribution >= 4 is 12.1 Å². The van der Waals surface area contributed by atoms with E-state index in [9.17, 15) is 4.79 Å². The van der Waals surface area contributed by atoms with Crippen molar-refractivity contribution in [3.8, 4) is 11.5 Å². The van der Waals surface area contributed by atoms with Gasteiger partial charge in [0.25, 0.3) is 5.91 Å². The molecule has 122 valence electrons. The van der Waals surface area contributed by atoms with Crippen LogP contribution in [0.1, 0.15) is 35.6 Å². The van der Waals surface area contributed by atoms with Gasteiger partial charge in [-0.15, -0.1) is 0 Å². The fraction of sp³-hybridized carbons (Fsp3) is 0.312. The molecule has 0 unspecified atom stereocenters. The number of ether oxygens (including phenoxy) is 2. The van der Waals surface area contributed by atoms with Gasteiger partial charge in [-0.3, -0.25) is 9.89 Å². The number of nitrogens with one attached hydrogen (secondary N) is 2. The van der Waals surface area contributed by atoms with E-state index in [1.54, 1.807) is 6.07 Å². The van der Waals surface area contributed by atoms with Crippen molar-refractivity contribution in [2.75, 3.05) is 13.2 Å². The minimum absolute atomic E-state index is 0.293. The highest BCUT2D eigenvalue weighted by Gasteiger charge is 2.08. The summed E-state index contributed by atoms with van der Waals surface area (Å²) in [6, 6.07) is 7.11. The highest BCUT2D eigenvalue weighted by Crippen LogP contribution is 2.27. The molecule has 2 rings (SSSR count). The predicted octanol–water partition coefficient (Wildman–Crippen LogP) is 2.28. The van der Waals surface area contributed by atoms with Crippen molar-refractivity contribution in [1.29, 1.82) is 0 Å². The van der Waals surface area contributed by atoms with Gasteiger partial charge in [-0.05, 0) is 50.6 Å². The first kappa shape index (κ1) is 16.5. The van der Waals surface area contributed by atoms with E-state index in [-0.39, 0.29) is 5.91 Å². The number of carbonyl (C=O) groups excluding carboxylic acids is 1. The minimum Gasteiger partial charge on any atom is -0.490 e. The molecule has 0 spiro atoms. The Morgan fingerprint density at radius 1 is 1.26 bits per heavy atom. The SMILES string of the molecule is CCOc1ccc(C=NNC(=O)c2cc(C)[nH]n2)cc1OCC. The van der Waals surface area contributed by atoms with Gasteiger partial charge in [-0.25, -0.2) is 5.43 Å². The maximum Gasteiger partial charge on any atom is 0.291 e. The molecule has 0 bridgehead atoms. The fourth-order valence-corrected chi connectivity index (χ4v) is 1.91. The number of hydrogen-bond acceptors (Lipinski definition) is 5. The summed E-state index contributed by atoms with van der Waals surface area (Å²) in [4.78, 5) is 11.8. The Hall–Kier alpha value is -2.83. The number of rotatable bonds is 7. The zero-order valence-corrected chi connectivity index (χ0v) is 13.4. The Morgan fingerprint density at radius 2 is 2.00 bits per heavy atom. The molecule has 7 nitrogen and oxygen atoms in total. The molecule has 7 heteroatoms. The third-order valence-electron chi connectivity index (χ3n) is 2.89. The lowest BCUT2D eigenvalue weighted by Crippen LogP contribution is -2.18. The first-order valence-corrected chi connectivity index (χ1v) is 7.39. The zero-order valence-electron chi connectivity index (χ0n) is 13.4. The number of aryl methyl sites for hydroxylation is 1. The molecular weight excluding hydrogens is 296 g/mol. The van der Waals surface area contributed by atoms with Crippen LogP contribution in [0, 0.1) is 6.92 Å². The first-order valence-electron chi connectivity index (χ1n) is 7.39. The summed E-state index contributed by atoms with van der Waals surface area (Å²) < 4.78 is 11.0. The summed E-state index contributed by atoms with van der Waals surface area (Å²) in [6.45, 7) is 6.74. The van der Waals surface area contributed by atoms with Crippen molar-refractivity contribution in [2.24, 2.45) is 5.10 Å². The number of aromatic amines is 1. The molecule has 0 aliphatic rings. The Kier molecular flexibility index (Phi) is 5.74. The van der Waals surface area contributed by atoms with Crippen LogP contribution in [-0.2, 0) is 0 Å². The molecule has 0 aliphatic heterocycles. The first-order chi connectivity index (χ1) is 11.1. The zero-order chi connectivity index (χ0) is 16.7. The molecular formula is C16H20N4O3. The molecule has 1 heterocycles. The smallest absolute Gasteiger partial charge is 0.291 e. The van der Waals surface area contributed by atoms with E-state index in [4.69, 9.17) is 9.47 Å². The van der Waals surface area contributed by atoms with Crippen LogP contribution in [0.3, 0.4) is 0 Å². The Balaban J connectivity index is 2.04. The molecule has 1 amide bonds. The molecule has 1 aromatic heterocycles. The largest absolute Gasteiger partial charge is 0.490 e. The summed E-state index contributed by atoms with van der Waals surface area (Å²) in [6.07, 6.45) is 1.54. The number of aromatic nitrogens is 2. The molecule has 0 saturated carbocycles. The molecule has 2 N–H and O–H groups in total. The van der Waals surface area contributed by atoms with E-state index in [0.29, 0.717) is 30.4 Å². The molecule has 0 saturated heterocycles. The van der Waals surface area contributed by atoms with Crippen LogP contribution in [0.5, 0.6) is 11.5 Å². The molecule has 0 radical (unpaired) electrons. The number of amides is 1. The normalized spacial score (nSPS) is 10.7. The minimum atomic E-state index is -0.374. The molecule has 0 aliphatic carbocycles. The second-order valence-electron chi connectivity index (χ2n) is 4.71. The topological polar surface area (TPSA) is 88.6 Å². The fourth-order valence-electron chi connectivity index (χ4n) is 1.91.